The van der Waals surface area contributed by atoms with Gasteiger partial charge >= 0.3 is 0 Å². The lowest BCUT2D eigenvalue weighted by Crippen LogP contribution is -2.40. The Hall–Kier alpha value is -1.09. The Balaban J connectivity index is 1.98. The van der Waals surface area contributed by atoms with E-state index in [9.17, 15) is 0 Å². The molecule has 1 saturated heterocycles. The number of rotatable bonds is 5. The second-order valence-corrected chi connectivity index (χ2v) is 7.20. The Labute approximate surface area is 123 Å². The molecule has 2 rings (SSSR count). The van der Waals surface area contributed by atoms with Crippen LogP contribution in [0.3, 0.4) is 0 Å². The van der Waals surface area contributed by atoms with Gasteiger partial charge in [-0.2, -0.15) is 0 Å². The zero-order valence-corrected chi connectivity index (χ0v) is 13.4. The molecule has 0 radical (unpaired) electrons. The van der Waals surface area contributed by atoms with Crippen molar-refractivity contribution in [3.05, 3.63) is 23.9 Å². The molecule has 2 heterocycles. The molecule has 0 saturated carbocycles. The molecule has 0 atom stereocenters. The highest BCUT2D eigenvalue weighted by atomic mass is 15.2. The highest BCUT2D eigenvalue weighted by molar-refractivity contribution is 5.40. The summed E-state index contributed by atoms with van der Waals surface area (Å²) in [5.41, 5.74) is 1.55. The van der Waals surface area contributed by atoms with Crippen molar-refractivity contribution in [2.24, 2.45) is 11.3 Å². The molecular formula is C17H29N3. The highest BCUT2D eigenvalue weighted by Gasteiger charge is 2.26. The zero-order chi connectivity index (χ0) is 14.6. The average Bonchev–Trinajstić information content (AvgIpc) is 2.37. The number of hydrogen-bond donors (Lipinski definition) is 1. The predicted octanol–water partition coefficient (Wildman–Crippen LogP) is 3.45. The summed E-state index contributed by atoms with van der Waals surface area (Å²) in [6.45, 7) is 13.3. The van der Waals surface area contributed by atoms with Gasteiger partial charge in [-0.3, -0.25) is 0 Å². The molecule has 1 fully saturated rings. The first-order chi connectivity index (χ1) is 9.46. The highest BCUT2D eigenvalue weighted by Crippen LogP contribution is 2.30. The monoisotopic (exact) mass is 275 g/mol. The Kier molecular flexibility index (Phi) is 5.03. The first-order valence-corrected chi connectivity index (χ1v) is 7.88. The van der Waals surface area contributed by atoms with Gasteiger partial charge in [0.1, 0.15) is 5.82 Å². The molecular weight excluding hydrogens is 246 g/mol. The zero-order valence-electron chi connectivity index (χ0n) is 13.4. The van der Waals surface area contributed by atoms with Crippen LogP contribution in [0.2, 0.25) is 0 Å². The van der Waals surface area contributed by atoms with Crippen LogP contribution in [0, 0.1) is 11.3 Å². The third-order valence-electron chi connectivity index (χ3n) is 3.88. The number of nitrogens with zero attached hydrogens (tertiary/aromatic N) is 2. The summed E-state index contributed by atoms with van der Waals surface area (Å²) in [6, 6.07) is 6.40. The molecule has 1 aliphatic rings. The molecule has 3 nitrogen and oxygen atoms in total. The van der Waals surface area contributed by atoms with Gasteiger partial charge in [-0.05, 0) is 42.9 Å². The number of pyridine rings is 1. The topological polar surface area (TPSA) is 28.2 Å². The lowest BCUT2D eigenvalue weighted by atomic mass is 9.84. The molecule has 1 aliphatic heterocycles. The van der Waals surface area contributed by atoms with Gasteiger partial charge < -0.3 is 10.2 Å². The largest absolute Gasteiger partial charge is 0.356 e. The summed E-state index contributed by atoms with van der Waals surface area (Å²) in [5, 5.41) is 3.47. The number of anilines is 1. The van der Waals surface area contributed by atoms with Crippen LogP contribution in [0.5, 0.6) is 0 Å². The first-order valence-electron chi connectivity index (χ1n) is 7.88. The number of nitrogens with one attached hydrogen (secondary N) is 1. The van der Waals surface area contributed by atoms with Gasteiger partial charge in [-0.1, -0.05) is 33.8 Å². The van der Waals surface area contributed by atoms with Crippen molar-refractivity contribution in [1.29, 1.82) is 0 Å². The van der Waals surface area contributed by atoms with Crippen molar-refractivity contribution in [2.45, 2.75) is 47.1 Å². The van der Waals surface area contributed by atoms with Crippen molar-refractivity contribution in [3.8, 4) is 0 Å². The van der Waals surface area contributed by atoms with E-state index < -0.39 is 0 Å². The van der Waals surface area contributed by atoms with Crippen LogP contribution in [0.15, 0.2) is 18.2 Å². The van der Waals surface area contributed by atoms with Crippen molar-refractivity contribution in [1.82, 2.24) is 10.3 Å². The summed E-state index contributed by atoms with van der Waals surface area (Å²) in [4.78, 5) is 7.26. The molecule has 1 N–H and O–H groups in total. The van der Waals surface area contributed by atoms with E-state index in [0.717, 1.165) is 37.7 Å². The van der Waals surface area contributed by atoms with Crippen molar-refractivity contribution >= 4 is 5.82 Å². The maximum Gasteiger partial charge on any atom is 0.128 e. The Morgan fingerprint density at radius 3 is 2.85 bits per heavy atom. The number of aromatic nitrogens is 1. The van der Waals surface area contributed by atoms with Gasteiger partial charge in [-0.25, -0.2) is 4.98 Å². The SMILES string of the molecule is CC(C)CNCc1cccc(N2CCCC(C)(C)C2)n1. The van der Waals surface area contributed by atoms with Crippen LogP contribution in [-0.4, -0.2) is 24.6 Å². The van der Waals surface area contributed by atoms with Crippen molar-refractivity contribution in [3.63, 3.8) is 0 Å². The second kappa shape index (κ2) is 6.57. The standard InChI is InChI=1S/C17H29N3/c1-14(2)11-18-12-15-7-5-8-16(19-15)20-10-6-9-17(3,4)13-20/h5,7-8,14,18H,6,9-13H2,1-4H3. The minimum Gasteiger partial charge on any atom is -0.356 e. The van der Waals surface area contributed by atoms with Crippen LogP contribution >= 0.6 is 0 Å². The third kappa shape index (κ3) is 4.48. The second-order valence-electron chi connectivity index (χ2n) is 7.20. The molecule has 0 bridgehead atoms. The minimum atomic E-state index is 0.409. The van der Waals surface area contributed by atoms with Crippen molar-refractivity contribution in [2.75, 3.05) is 24.5 Å². The Bertz CT molecular complexity index is 426. The normalized spacial score (nSPS) is 18.6. The van der Waals surface area contributed by atoms with Gasteiger partial charge in [-0.15, -0.1) is 0 Å². The molecule has 0 spiro atoms. The van der Waals surface area contributed by atoms with Gasteiger partial charge in [0.15, 0.2) is 0 Å². The molecule has 0 unspecified atom stereocenters. The fourth-order valence-corrected chi connectivity index (χ4v) is 2.85. The maximum absolute atomic E-state index is 4.82. The molecule has 1 aromatic heterocycles. The van der Waals surface area contributed by atoms with Crippen LogP contribution in [-0.2, 0) is 6.54 Å². The number of hydrogen-bond acceptors (Lipinski definition) is 3. The van der Waals surface area contributed by atoms with E-state index in [4.69, 9.17) is 4.98 Å². The van der Waals surface area contributed by atoms with E-state index in [1.807, 2.05) is 0 Å². The van der Waals surface area contributed by atoms with Gasteiger partial charge in [0, 0.05) is 19.6 Å². The Morgan fingerprint density at radius 1 is 1.35 bits per heavy atom. The Morgan fingerprint density at radius 2 is 2.15 bits per heavy atom. The maximum atomic E-state index is 4.82. The van der Waals surface area contributed by atoms with E-state index in [-0.39, 0.29) is 0 Å². The molecule has 0 aromatic carbocycles. The fourth-order valence-electron chi connectivity index (χ4n) is 2.85. The van der Waals surface area contributed by atoms with E-state index in [1.165, 1.54) is 12.8 Å². The van der Waals surface area contributed by atoms with Crippen LogP contribution in [0.25, 0.3) is 0 Å². The molecule has 0 amide bonds. The van der Waals surface area contributed by atoms with E-state index in [2.05, 4.69) is 56.1 Å². The smallest absolute Gasteiger partial charge is 0.128 e. The summed E-state index contributed by atoms with van der Waals surface area (Å²) in [6.07, 6.45) is 2.59. The summed E-state index contributed by atoms with van der Waals surface area (Å²) in [7, 11) is 0. The summed E-state index contributed by atoms with van der Waals surface area (Å²) in [5.74, 6) is 1.82. The summed E-state index contributed by atoms with van der Waals surface area (Å²) >= 11 is 0. The van der Waals surface area contributed by atoms with E-state index in [0.29, 0.717) is 11.3 Å². The minimum absolute atomic E-state index is 0.409. The van der Waals surface area contributed by atoms with E-state index >= 15 is 0 Å². The number of piperidine rings is 1. The predicted molar refractivity (Wildman–Crippen MR) is 86.0 cm³/mol. The van der Waals surface area contributed by atoms with Crippen LogP contribution < -0.4 is 10.2 Å². The van der Waals surface area contributed by atoms with Gasteiger partial charge in [0.25, 0.3) is 0 Å². The average molecular weight is 275 g/mol. The molecule has 1 aromatic rings. The molecule has 0 aliphatic carbocycles. The molecule has 3 heteroatoms. The van der Waals surface area contributed by atoms with Crippen LogP contribution in [0.1, 0.15) is 46.2 Å². The quantitative estimate of drug-likeness (QED) is 0.892. The van der Waals surface area contributed by atoms with E-state index in [1.54, 1.807) is 0 Å². The molecule has 20 heavy (non-hydrogen) atoms. The van der Waals surface area contributed by atoms with Crippen molar-refractivity contribution < 1.29 is 0 Å². The van der Waals surface area contributed by atoms with Gasteiger partial charge in [0.05, 0.1) is 5.69 Å². The summed E-state index contributed by atoms with van der Waals surface area (Å²) < 4.78 is 0. The molecule has 112 valence electrons. The lowest BCUT2D eigenvalue weighted by Gasteiger charge is -2.38. The van der Waals surface area contributed by atoms with Gasteiger partial charge in [0.2, 0.25) is 0 Å². The third-order valence-corrected chi connectivity index (χ3v) is 3.88. The lowest BCUT2D eigenvalue weighted by molar-refractivity contribution is 0.292. The fraction of sp³-hybridized carbons (Fsp3) is 0.706. The first kappa shape index (κ1) is 15.3. The van der Waals surface area contributed by atoms with Crippen LogP contribution in [0.4, 0.5) is 5.82 Å².